The Kier molecular flexibility index (Phi) is 4.96. The zero-order valence-corrected chi connectivity index (χ0v) is 16.6. The number of para-hydroxylation sites is 1. The highest BCUT2D eigenvalue weighted by Gasteiger charge is 2.46. The van der Waals surface area contributed by atoms with Gasteiger partial charge in [0.25, 0.3) is 0 Å². The number of anilines is 1. The van der Waals surface area contributed by atoms with Crippen molar-refractivity contribution >= 4 is 44.3 Å². The number of pyridine rings is 1. The summed E-state index contributed by atoms with van der Waals surface area (Å²) in [6, 6.07) is 16.7. The minimum Gasteiger partial charge on any atom is -0.326 e. The average molecular weight is 436 g/mol. The van der Waals surface area contributed by atoms with Gasteiger partial charge in [0.1, 0.15) is 6.04 Å². The molecule has 1 saturated heterocycles. The third-order valence-electron chi connectivity index (χ3n) is 5.03. The monoisotopic (exact) mass is 435 g/mol. The fraction of sp³-hybridized carbons (Fsp3) is 0.136. The molecule has 5 nitrogen and oxygen atoms in total. The molecule has 6 heteroatoms. The van der Waals surface area contributed by atoms with Gasteiger partial charge in [-0.3, -0.25) is 14.6 Å². The second-order valence-corrected chi connectivity index (χ2v) is 7.58. The fourth-order valence-electron chi connectivity index (χ4n) is 3.58. The molecule has 0 unspecified atom stereocenters. The number of carbonyl (C=O) groups is 2. The highest BCUT2D eigenvalue weighted by molar-refractivity contribution is 9.10. The first-order chi connectivity index (χ1) is 13.6. The van der Waals surface area contributed by atoms with Crippen molar-refractivity contribution in [2.45, 2.75) is 12.0 Å². The predicted molar refractivity (Wildman–Crippen MR) is 113 cm³/mol. The molecular weight excluding hydrogens is 418 g/mol. The van der Waals surface area contributed by atoms with Crippen molar-refractivity contribution < 1.29 is 9.59 Å². The van der Waals surface area contributed by atoms with Crippen LogP contribution in [0.1, 0.15) is 11.5 Å². The molecule has 2 amide bonds. The lowest BCUT2D eigenvalue weighted by Gasteiger charge is -2.46. The SMILES string of the molecule is C=CC(=O)N1C[C@@H](c2ccc(Br)cc2)[C@H]1C(=O)Nc1cccc2cccnc12. The van der Waals surface area contributed by atoms with Crippen LogP contribution in [0.15, 0.2) is 77.9 Å². The lowest BCUT2D eigenvalue weighted by Crippen LogP contribution is -2.61. The van der Waals surface area contributed by atoms with Crippen molar-refractivity contribution in [3.63, 3.8) is 0 Å². The number of hydrogen-bond acceptors (Lipinski definition) is 3. The quantitative estimate of drug-likeness (QED) is 0.626. The van der Waals surface area contributed by atoms with Crippen molar-refractivity contribution in [3.8, 4) is 0 Å². The second-order valence-electron chi connectivity index (χ2n) is 6.67. The van der Waals surface area contributed by atoms with Gasteiger partial charge in [-0.2, -0.15) is 0 Å². The van der Waals surface area contributed by atoms with Crippen LogP contribution in [0.3, 0.4) is 0 Å². The minimum absolute atomic E-state index is 0.0695. The van der Waals surface area contributed by atoms with E-state index in [4.69, 9.17) is 0 Å². The number of nitrogens with zero attached hydrogens (tertiary/aromatic N) is 2. The van der Waals surface area contributed by atoms with Crippen molar-refractivity contribution in [1.82, 2.24) is 9.88 Å². The van der Waals surface area contributed by atoms with Gasteiger partial charge in [-0.05, 0) is 35.9 Å². The molecule has 1 fully saturated rings. The van der Waals surface area contributed by atoms with Gasteiger partial charge in [-0.25, -0.2) is 0 Å². The predicted octanol–water partition coefficient (Wildman–Crippen LogP) is 4.12. The number of fused-ring (bicyclic) bond motifs is 1. The summed E-state index contributed by atoms with van der Waals surface area (Å²) in [4.78, 5) is 31.3. The third-order valence-corrected chi connectivity index (χ3v) is 5.55. The molecule has 1 aromatic heterocycles. The number of hydrogen-bond donors (Lipinski definition) is 1. The Labute approximate surface area is 171 Å². The minimum atomic E-state index is -0.592. The first kappa shape index (κ1) is 18.4. The summed E-state index contributed by atoms with van der Waals surface area (Å²) in [6.07, 6.45) is 2.94. The molecule has 4 rings (SSSR count). The molecule has 1 aliphatic rings. The molecular formula is C22H18BrN3O2. The van der Waals surface area contributed by atoms with Crippen LogP contribution in [0.2, 0.25) is 0 Å². The molecule has 2 atom stereocenters. The summed E-state index contributed by atoms with van der Waals surface area (Å²) < 4.78 is 0.970. The van der Waals surface area contributed by atoms with E-state index in [1.165, 1.54) is 6.08 Å². The highest BCUT2D eigenvalue weighted by Crippen LogP contribution is 2.36. The Balaban J connectivity index is 1.64. The number of amides is 2. The van der Waals surface area contributed by atoms with E-state index >= 15 is 0 Å². The van der Waals surface area contributed by atoms with Gasteiger partial charge in [0.05, 0.1) is 11.2 Å². The van der Waals surface area contributed by atoms with Crippen molar-refractivity contribution in [1.29, 1.82) is 0 Å². The van der Waals surface area contributed by atoms with E-state index < -0.39 is 6.04 Å². The van der Waals surface area contributed by atoms with Crippen molar-refractivity contribution in [2.24, 2.45) is 0 Å². The highest BCUT2D eigenvalue weighted by atomic mass is 79.9. The van der Waals surface area contributed by atoms with Crippen LogP contribution in [0.4, 0.5) is 5.69 Å². The van der Waals surface area contributed by atoms with Gasteiger partial charge in [-0.1, -0.05) is 52.8 Å². The number of nitrogens with one attached hydrogen (secondary N) is 1. The number of halogens is 1. The summed E-state index contributed by atoms with van der Waals surface area (Å²) in [6.45, 7) is 4.04. The van der Waals surface area contributed by atoms with E-state index in [0.717, 1.165) is 20.9 Å². The molecule has 28 heavy (non-hydrogen) atoms. The lowest BCUT2D eigenvalue weighted by molar-refractivity contribution is -0.143. The van der Waals surface area contributed by atoms with Crippen LogP contribution in [0, 0.1) is 0 Å². The molecule has 0 saturated carbocycles. The number of likely N-dealkylation sites (tertiary alicyclic amines) is 1. The Morgan fingerprint density at radius 2 is 1.89 bits per heavy atom. The maximum absolute atomic E-state index is 13.1. The van der Waals surface area contributed by atoms with Crippen LogP contribution in [0.25, 0.3) is 10.9 Å². The molecule has 0 bridgehead atoms. The summed E-state index contributed by atoms with van der Waals surface area (Å²) in [5.74, 6) is -0.544. The van der Waals surface area contributed by atoms with E-state index in [-0.39, 0.29) is 17.7 Å². The molecule has 0 spiro atoms. The van der Waals surface area contributed by atoms with Gasteiger partial charge in [0, 0.05) is 28.5 Å². The summed E-state index contributed by atoms with van der Waals surface area (Å²) in [7, 11) is 0. The maximum atomic E-state index is 13.1. The zero-order valence-electron chi connectivity index (χ0n) is 15.0. The van der Waals surface area contributed by atoms with Gasteiger partial charge in [0.2, 0.25) is 11.8 Å². The standard InChI is InChI=1S/C22H18BrN3O2/c1-2-19(27)26-13-17(14-8-10-16(23)11-9-14)21(26)22(28)25-18-7-3-5-15-6-4-12-24-20(15)18/h2-12,17,21H,1,13H2,(H,25,28)/t17-,21-/m0/s1. The molecule has 2 heterocycles. The second kappa shape index (κ2) is 7.56. The Bertz CT molecular complexity index is 1060. The molecule has 0 radical (unpaired) electrons. The molecule has 0 aliphatic carbocycles. The van der Waals surface area contributed by atoms with Gasteiger partial charge >= 0.3 is 0 Å². The first-order valence-corrected chi connectivity index (χ1v) is 9.71. The largest absolute Gasteiger partial charge is 0.326 e. The van der Waals surface area contributed by atoms with Crippen LogP contribution >= 0.6 is 15.9 Å². The summed E-state index contributed by atoms with van der Waals surface area (Å²) in [5, 5.41) is 3.91. The van der Waals surface area contributed by atoms with Gasteiger partial charge in [-0.15, -0.1) is 0 Å². The maximum Gasteiger partial charge on any atom is 0.247 e. The van der Waals surface area contributed by atoms with Gasteiger partial charge < -0.3 is 10.2 Å². The Morgan fingerprint density at radius 1 is 1.14 bits per heavy atom. The molecule has 3 aromatic rings. The normalized spacial score (nSPS) is 18.4. The number of aromatic nitrogens is 1. The number of carbonyl (C=O) groups excluding carboxylic acids is 2. The molecule has 1 aliphatic heterocycles. The van der Waals surface area contributed by atoms with E-state index in [1.54, 1.807) is 11.1 Å². The summed E-state index contributed by atoms with van der Waals surface area (Å²) >= 11 is 3.43. The van der Waals surface area contributed by atoms with Crippen molar-refractivity contribution in [3.05, 3.63) is 83.5 Å². The van der Waals surface area contributed by atoms with E-state index in [0.29, 0.717) is 12.2 Å². The molecule has 2 aromatic carbocycles. The average Bonchev–Trinajstić information content (AvgIpc) is 2.69. The topological polar surface area (TPSA) is 62.3 Å². The fourth-order valence-corrected chi connectivity index (χ4v) is 3.85. The third kappa shape index (κ3) is 3.31. The van der Waals surface area contributed by atoms with Gasteiger partial charge in [0.15, 0.2) is 0 Å². The lowest BCUT2D eigenvalue weighted by atomic mass is 9.81. The molecule has 140 valence electrons. The smallest absolute Gasteiger partial charge is 0.247 e. The van der Waals surface area contributed by atoms with Crippen LogP contribution in [0.5, 0.6) is 0 Å². The van der Waals surface area contributed by atoms with Crippen LogP contribution < -0.4 is 5.32 Å². The molecule has 1 N–H and O–H groups in total. The number of rotatable bonds is 4. The first-order valence-electron chi connectivity index (χ1n) is 8.91. The van der Waals surface area contributed by atoms with Crippen molar-refractivity contribution in [2.75, 3.05) is 11.9 Å². The van der Waals surface area contributed by atoms with E-state index in [1.807, 2.05) is 54.6 Å². The van der Waals surface area contributed by atoms with E-state index in [2.05, 4.69) is 32.8 Å². The zero-order chi connectivity index (χ0) is 19.7. The Hall–Kier alpha value is -2.99. The Morgan fingerprint density at radius 3 is 2.64 bits per heavy atom. The summed E-state index contributed by atoms with van der Waals surface area (Å²) in [5.41, 5.74) is 2.38. The van der Waals surface area contributed by atoms with Crippen LogP contribution in [-0.4, -0.2) is 34.3 Å². The van der Waals surface area contributed by atoms with E-state index in [9.17, 15) is 9.59 Å². The van der Waals surface area contributed by atoms with Crippen LogP contribution in [-0.2, 0) is 9.59 Å². The number of benzene rings is 2.